The molecule has 0 bridgehead atoms. The molecule has 1 fully saturated rings. The highest BCUT2D eigenvalue weighted by atomic mass is 16.7. The highest BCUT2D eigenvalue weighted by Gasteiger charge is 2.37. The standard InChI is InChI=1S/C10H20O5/c1-7-10(14-6-11-2)8(12-3)5-9(13-4)15-7/h7-10H,5-6H2,1-4H3/t7?,8?,9-,10?/m1/s1. The van der Waals surface area contributed by atoms with Gasteiger partial charge in [-0.05, 0) is 6.92 Å². The molecule has 1 aliphatic rings. The maximum absolute atomic E-state index is 5.59. The van der Waals surface area contributed by atoms with Gasteiger partial charge in [0.15, 0.2) is 6.29 Å². The highest BCUT2D eigenvalue weighted by molar-refractivity contribution is 4.82. The van der Waals surface area contributed by atoms with Crippen molar-refractivity contribution in [2.24, 2.45) is 0 Å². The average molecular weight is 220 g/mol. The van der Waals surface area contributed by atoms with Crippen molar-refractivity contribution in [1.29, 1.82) is 0 Å². The lowest BCUT2D eigenvalue weighted by Gasteiger charge is -2.38. The molecule has 0 aromatic heterocycles. The van der Waals surface area contributed by atoms with E-state index in [0.717, 1.165) is 0 Å². The molecule has 3 unspecified atom stereocenters. The Kier molecular flexibility index (Phi) is 5.49. The summed E-state index contributed by atoms with van der Waals surface area (Å²) in [7, 11) is 4.88. The third kappa shape index (κ3) is 3.39. The maximum atomic E-state index is 5.59. The smallest absolute Gasteiger partial charge is 0.160 e. The van der Waals surface area contributed by atoms with Crippen molar-refractivity contribution < 1.29 is 23.7 Å². The van der Waals surface area contributed by atoms with E-state index in [2.05, 4.69) is 0 Å². The Balaban J connectivity index is 2.52. The molecule has 0 N–H and O–H groups in total. The lowest BCUT2D eigenvalue weighted by atomic mass is 10.0. The van der Waals surface area contributed by atoms with Gasteiger partial charge < -0.3 is 23.7 Å². The van der Waals surface area contributed by atoms with Gasteiger partial charge in [0.1, 0.15) is 12.9 Å². The Labute approximate surface area is 90.6 Å². The predicted octanol–water partition coefficient (Wildman–Crippen LogP) is 0.772. The first kappa shape index (κ1) is 12.9. The van der Waals surface area contributed by atoms with Crippen LogP contribution in [0.15, 0.2) is 0 Å². The molecule has 0 amide bonds. The molecule has 0 saturated carbocycles. The van der Waals surface area contributed by atoms with E-state index in [-0.39, 0.29) is 31.4 Å². The summed E-state index contributed by atoms with van der Waals surface area (Å²) in [6, 6.07) is 0. The molecule has 0 spiro atoms. The summed E-state index contributed by atoms with van der Waals surface area (Å²) >= 11 is 0. The Morgan fingerprint density at radius 1 is 1.20 bits per heavy atom. The van der Waals surface area contributed by atoms with E-state index in [0.29, 0.717) is 6.42 Å². The largest absolute Gasteiger partial charge is 0.378 e. The van der Waals surface area contributed by atoms with Gasteiger partial charge in [-0.2, -0.15) is 0 Å². The van der Waals surface area contributed by atoms with Crippen LogP contribution in [-0.4, -0.2) is 52.7 Å². The van der Waals surface area contributed by atoms with Crippen molar-refractivity contribution in [2.75, 3.05) is 28.1 Å². The molecule has 15 heavy (non-hydrogen) atoms. The maximum Gasteiger partial charge on any atom is 0.160 e. The Morgan fingerprint density at radius 2 is 1.93 bits per heavy atom. The summed E-state index contributed by atoms with van der Waals surface area (Å²) in [4.78, 5) is 0. The highest BCUT2D eigenvalue weighted by Crippen LogP contribution is 2.24. The van der Waals surface area contributed by atoms with E-state index in [1.165, 1.54) is 0 Å². The van der Waals surface area contributed by atoms with E-state index in [1.54, 1.807) is 21.3 Å². The first-order valence-electron chi connectivity index (χ1n) is 5.04. The summed E-state index contributed by atoms with van der Waals surface area (Å²) in [5.74, 6) is 0. The third-order valence-electron chi connectivity index (χ3n) is 2.56. The van der Waals surface area contributed by atoms with Crippen molar-refractivity contribution in [3.8, 4) is 0 Å². The van der Waals surface area contributed by atoms with Gasteiger partial charge in [0.25, 0.3) is 0 Å². The van der Waals surface area contributed by atoms with Crippen molar-refractivity contribution in [1.82, 2.24) is 0 Å². The molecule has 0 radical (unpaired) electrons. The molecule has 4 atom stereocenters. The van der Waals surface area contributed by atoms with Crippen LogP contribution in [0.2, 0.25) is 0 Å². The van der Waals surface area contributed by atoms with Crippen LogP contribution in [0.5, 0.6) is 0 Å². The van der Waals surface area contributed by atoms with Crippen LogP contribution in [0.1, 0.15) is 13.3 Å². The van der Waals surface area contributed by atoms with Crippen molar-refractivity contribution in [2.45, 2.75) is 37.9 Å². The number of hydrogen-bond acceptors (Lipinski definition) is 5. The van der Waals surface area contributed by atoms with E-state index < -0.39 is 0 Å². The van der Waals surface area contributed by atoms with Gasteiger partial charge >= 0.3 is 0 Å². The van der Waals surface area contributed by atoms with Gasteiger partial charge in [-0.1, -0.05) is 0 Å². The van der Waals surface area contributed by atoms with Gasteiger partial charge in [0.05, 0.1) is 12.2 Å². The fourth-order valence-corrected chi connectivity index (χ4v) is 1.77. The Bertz CT molecular complexity index is 175. The molecule has 0 aliphatic carbocycles. The summed E-state index contributed by atoms with van der Waals surface area (Å²) in [6.07, 6.45) is 0.262. The zero-order chi connectivity index (χ0) is 11.3. The molecular weight excluding hydrogens is 200 g/mol. The van der Waals surface area contributed by atoms with Crippen molar-refractivity contribution in [3.63, 3.8) is 0 Å². The number of hydrogen-bond donors (Lipinski definition) is 0. The molecule has 1 heterocycles. The third-order valence-corrected chi connectivity index (χ3v) is 2.56. The van der Waals surface area contributed by atoms with Crippen LogP contribution in [-0.2, 0) is 23.7 Å². The summed E-state index contributed by atoms with van der Waals surface area (Å²) in [5, 5.41) is 0. The second-order valence-corrected chi connectivity index (χ2v) is 3.55. The second-order valence-electron chi connectivity index (χ2n) is 3.55. The molecule has 5 heteroatoms. The lowest BCUT2D eigenvalue weighted by Crippen LogP contribution is -2.49. The molecule has 1 saturated heterocycles. The molecule has 0 aromatic carbocycles. The Hall–Kier alpha value is -0.200. The minimum Gasteiger partial charge on any atom is -0.378 e. The van der Waals surface area contributed by atoms with Crippen molar-refractivity contribution in [3.05, 3.63) is 0 Å². The summed E-state index contributed by atoms with van der Waals surface area (Å²) < 4.78 is 26.5. The Morgan fingerprint density at radius 3 is 2.47 bits per heavy atom. The quantitative estimate of drug-likeness (QED) is 0.640. The molecule has 0 aromatic rings. The first-order chi connectivity index (χ1) is 7.22. The average Bonchev–Trinajstić information content (AvgIpc) is 2.26. The van der Waals surface area contributed by atoms with Gasteiger partial charge in [-0.3, -0.25) is 0 Å². The minimum absolute atomic E-state index is 0.0196. The SMILES string of the molecule is COCOC1C(C)O[C@@H](OC)CC1OC. The topological polar surface area (TPSA) is 46.2 Å². The molecule has 1 aliphatic heterocycles. The fourth-order valence-electron chi connectivity index (χ4n) is 1.77. The van der Waals surface area contributed by atoms with Crippen LogP contribution < -0.4 is 0 Å². The van der Waals surface area contributed by atoms with Gasteiger partial charge in [0.2, 0.25) is 0 Å². The van der Waals surface area contributed by atoms with Gasteiger partial charge in [-0.25, -0.2) is 0 Å². The summed E-state index contributed by atoms with van der Waals surface area (Å²) in [6.45, 7) is 2.19. The number of ether oxygens (including phenoxy) is 5. The zero-order valence-corrected chi connectivity index (χ0v) is 9.76. The first-order valence-corrected chi connectivity index (χ1v) is 5.04. The van der Waals surface area contributed by atoms with E-state index in [9.17, 15) is 0 Å². The monoisotopic (exact) mass is 220 g/mol. The fraction of sp³-hybridized carbons (Fsp3) is 1.00. The molecule has 5 nitrogen and oxygen atoms in total. The molecular formula is C10H20O5. The predicted molar refractivity (Wildman–Crippen MR) is 53.5 cm³/mol. The van der Waals surface area contributed by atoms with Crippen LogP contribution in [0.4, 0.5) is 0 Å². The van der Waals surface area contributed by atoms with Gasteiger partial charge in [0, 0.05) is 27.8 Å². The normalized spacial score (nSPS) is 36.8. The molecule has 1 rings (SSSR count). The van der Waals surface area contributed by atoms with Crippen LogP contribution in [0.3, 0.4) is 0 Å². The van der Waals surface area contributed by atoms with Crippen LogP contribution in [0, 0.1) is 0 Å². The minimum atomic E-state index is -0.215. The van der Waals surface area contributed by atoms with Crippen LogP contribution in [0.25, 0.3) is 0 Å². The number of methoxy groups -OCH3 is 3. The van der Waals surface area contributed by atoms with Gasteiger partial charge in [-0.15, -0.1) is 0 Å². The molecule has 90 valence electrons. The summed E-state index contributed by atoms with van der Waals surface area (Å²) in [5.41, 5.74) is 0. The van der Waals surface area contributed by atoms with E-state index in [1.807, 2.05) is 6.92 Å². The van der Waals surface area contributed by atoms with Crippen LogP contribution >= 0.6 is 0 Å². The lowest BCUT2D eigenvalue weighted by molar-refractivity contribution is -0.262. The second kappa shape index (κ2) is 6.40. The number of rotatable bonds is 5. The zero-order valence-electron chi connectivity index (χ0n) is 9.76. The van der Waals surface area contributed by atoms with Crippen molar-refractivity contribution >= 4 is 0 Å². The van der Waals surface area contributed by atoms with E-state index in [4.69, 9.17) is 23.7 Å². The van der Waals surface area contributed by atoms with E-state index >= 15 is 0 Å².